The fourth-order valence-electron chi connectivity index (χ4n) is 4.46. The summed E-state index contributed by atoms with van der Waals surface area (Å²) in [5.74, 6) is 0.378. The van der Waals surface area contributed by atoms with E-state index >= 15 is 0 Å². The van der Waals surface area contributed by atoms with Gasteiger partial charge in [0, 0.05) is 26.2 Å². The Morgan fingerprint density at radius 2 is 2.12 bits per heavy atom. The zero-order valence-corrected chi connectivity index (χ0v) is 18.8. The third-order valence-corrected chi connectivity index (χ3v) is 6.65. The first-order chi connectivity index (χ1) is 16.0. The molecule has 9 heteroatoms. The van der Waals surface area contributed by atoms with Gasteiger partial charge < -0.3 is 18.8 Å². The highest BCUT2D eigenvalue weighted by molar-refractivity contribution is 6.35. The molecule has 2 fully saturated rings. The van der Waals surface area contributed by atoms with Crippen molar-refractivity contribution in [3.8, 4) is 17.1 Å². The summed E-state index contributed by atoms with van der Waals surface area (Å²) in [6, 6.07) is 10.2. The van der Waals surface area contributed by atoms with Crippen LogP contribution in [0.2, 0.25) is 5.02 Å². The first-order valence-electron chi connectivity index (χ1n) is 10.7. The number of aromatic nitrogens is 1. The smallest absolute Gasteiger partial charge is 0.255 e. The van der Waals surface area contributed by atoms with Crippen LogP contribution < -0.4 is 4.74 Å². The summed E-state index contributed by atoms with van der Waals surface area (Å²) in [4.78, 5) is 21.1. The van der Waals surface area contributed by atoms with Crippen molar-refractivity contribution in [2.45, 2.75) is 12.1 Å². The molecule has 0 N–H and O–H groups in total. The van der Waals surface area contributed by atoms with Gasteiger partial charge in [-0.1, -0.05) is 23.7 Å². The number of carbonyl (C=O) groups excluding carboxylic acids is 1. The molecule has 33 heavy (non-hydrogen) atoms. The number of carbonyl (C=O) groups is 1. The predicted octanol–water partition coefficient (Wildman–Crippen LogP) is 4.04. The number of morpholine rings is 1. The van der Waals surface area contributed by atoms with Crippen LogP contribution >= 0.6 is 11.6 Å². The standard InChI is InChI=1S/C24H23ClFN3O4/c1-31-20-4-2-3-17(23(20)25)24(30)29-8-7-28-12-22(32-13-16(28)11-29)15-5-6-19(26)18(9-15)21-10-27-14-33-21/h2-6,9-10,14,16,22H,7-8,11-13H2,1H3/t16-,22?/m0/s1. The fraction of sp³-hybridized carbons (Fsp3) is 0.333. The van der Waals surface area contributed by atoms with Gasteiger partial charge >= 0.3 is 0 Å². The van der Waals surface area contributed by atoms with E-state index < -0.39 is 0 Å². The quantitative estimate of drug-likeness (QED) is 0.572. The minimum Gasteiger partial charge on any atom is -0.495 e. The summed E-state index contributed by atoms with van der Waals surface area (Å²) in [6.45, 7) is 2.98. The Labute approximate surface area is 195 Å². The lowest BCUT2D eigenvalue weighted by Crippen LogP contribution is -2.59. The number of fused-ring (bicyclic) bond motifs is 1. The van der Waals surface area contributed by atoms with Crippen LogP contribution in [-0.4, -0.2) is 66.6 Å². The zero-order valence-electron chi connectivity index (χ0n) is 18.0. The van der Waals surface area contributed by atoms with E-state index in [4.69, 9.17) is 25.5 Å². The molecule has 2 aliphatic rings. The van der Waals surface area contributed by atoms with Crippen LogP contribution in [0.3, 0.4) is 0 Å². The number of hydrogen-bond acceptors (Lipinski definition) is 6. The topological polar surface area (TPSA) is 68.0 Å². The summed E-state index contributed by atoms with van der Waals surface area (Å²) in [6.07, 6.45) is 2.58. The van der Waals surface area contributed by atoms with Crippen LogP contribution in [0.25, 0.3) is 11.3 Å². The summed E-state index contributed by atoms with van der Waals surface area (Å²) < 4.78 is 31.0. The van der Waals surface area contributed by atoms with Crippen LogP contribution in [0.4, 0.5) is 4.39 Å². The molecule has 0 aliphatic carbocycles. The van der Waals surface area contributed by atoms with Crippen molar-refractivity contribution < 1.29 is 23.1 Å². The molecular formula is C24H23ClFN3O4. The average molecular weight is 472 g/mol. The van der Waals surface area contributed by atoms with Gasteiger partial charge in [0.25, 0.3) is 5.91 Å². The van der Waals surface area contributed by atoms with E-state index in [1.807, 2.05) is 4.90 Å². The zero-order chi connectivity index (χ0) is 22.9. The number of rotatable bonds is 4. The van der Waals surface area contributed by atoms with E-state index in [-0.39, 0.29) is 23.9 Å². The maximum atomic E-state index is 14.3. The van der Waals surface area contributed by atoms with E-state index in [9.17, 15) is 9.18 Å². The van der Waals surface area contributed by atoms with Gasteiger partial charge in [0.1, 0.15) is 11.6 Å². The molecule has 2 aromatic carbocycles. The van der Waals surface area contributed by atoms with Crippen LogP contribution in [0.15, 0.2) is 53.4 Å². The van der Waals surface area contributed by atoms with Crippen molar-refractivity contribution in [2.75, 3.05) is 39.9 Å². The van der Waals surface area contributed by atoms with E-state index in [2.05, 4.69) is 9.88 Å². The Hall–Kier alpha value is -2.94. The van der Waals surface area contributed by atoms with Gasteiger partial charge in [-0.2, -0.15) is 0 Å². The van der Waals surface area contributed by atoms with Crippen molar-refractivity contribution in [1.82, 2.24) is 14.8 Å². The molecule has 2 aliphatic heterocycles. The molecule has 7 nitrogen and oxygen atoms in total. The van der Waals surface area contributed by atoms with Crippen LogP contribution in [-0.2, 0) is 4.74 Å². The fourth-order valence-corrected chi connectivity index (χ4v) is 4.74. The lowest BCUT2D eigenvalue weighted by atomic mass is 10.0. The second-order valence-corrected chi connectivity index (χ2v) is 8.53. The molecule has 3 heterocycles. The largest absolute Gasteiger partial charge is 0.495 e. The normalized spacial score (nSPS) is 21.0. The molecule has 0 bridgehead atoms. The van der Waals surface area contributed by atoms with Gasteiger partial charge in [-0.15, -0.1) is 0 Å². The first-order valence-corrected chi connectivity index (χ1v) is 11.1. The molecule has 1 unspecified atom stereocenters. The molecule has 1 aromatic heterocycles. The molecule has 0 radical (unpaired) electrons. The van der Waals surface area contributed by atoms with Crippen molar-refractivity contribution >= 4 is 17.5 Å². The second-order valence-electron chi connectivity index (χ2n) is 8.15. The number of piperazine rings is 1. The minimum absolute atomic E-state index is 0.0810. The third-order valence-electron chi connectivity index (χ3n) is 6.26. The Balaban J connectivity index is 1.27. The van der Waals surface area contributed by atoms with E-state index in [1.54, 1.807) is 30.3 Å². The van der Waals surface area contributed by atoms with E-state index in [0.29, 0.717) is 60.4 Å². The average Bonchev–Trinajstić information content (AvgIpc) is 3.38. The number of methoxy groups -OCH3 is 1. The molecular weight excluding hydrogens is 449 g/mol. The van der Waals surface area contributed by atoms with Crippen LogP contribution in [0.1, 0.15) is 22.0 Å². The van der Waals surface area contributed by atoms with Crippen molar-refractivity contribution in [2.24, 2.45) is 0 Å². The van der Waals surface area contributed by atoms with E-state index in [0.717, 1.165) is 5.56 Å². The van der Waals surface area contributed by atoms with Crippen LogP contribution in [0, 0.1) is 5.82 Å². The van der Waals surface area contributed by atoms with Gasteiger partial charge in [-0.05, 0) is 29.8 Å². The Kier molecular flexibility index (Phi) is 6.05. The SMILES string of the molecule is COc1cccc(C(=O)N2CCN3CC(c4ccc(F)c(-c5cnco5)c4)OC[C@@H]3C2)c1Cl. The lowest BCUT2D eigenvalue weighted by molar-refractivity contribution is -0.0858. The van der Waals surface area contributed by atoms with Gasteiger partial charge in [0.2, 0.25) is 0 Å². The lowest BCUT2D eigenvalue weighted by Gasteiger charge is -2.46. The van der Waals surface area contributed by atoms with Gasteiger partial charge in [0.15, 0.2) is 12.2 Å². The monoisotopic (exact) mass is 471 g/mol. The van der Waals surface area contributed by atoms with Crippen molar-refractivity contribution in [3.05, 3.63) is 71.0 Å². The van der Waals surface area contributed by atoms with Crippen molar-refractivity contribution in [1.29, 1.82) is 0 Å². The molecule has 3 aromatic rings. The second kappa shape index (κ2) is 9.13. The number of hydrogen-bond donors (Lipinski definition) is 0. The Bertz CT molecular complexity index is 1160. The summed E-state index contributed by atoms with van der Waals surface area (Å²) in [7, 11) is 1.53. The first kappa shape index (κ1) is 21.9. The highest BCUT2D eigenvalue weighted by atomic mass is 35.5. The highest BCUT2D eigenvalue weighted by Crippen LogP contribution is 2.33. The summed E-state index contributed by atoms with van der Waals surface area (Å²) in [5.41, 5.74) is 1.68. The molecule has 5 rings (SSSR count). The number of halogens is 2. The highest BCUT2D eigenvalue weighted by Gasteiger charge is 2.36. The number of ether oxygens (including phenoxy) is 2. The maximum absolute atomic E-state index is 14.3. The summed E-state index contributed by atoms with van der Waals surface area (Å²) >= 11 is 6.36. The number of oxazole rings is 1. The van der Waals surface area contributed by atoms with Crippen molar-refractivity contribution in [3.63, 3.8) is 0 Å². The summed E-state index contributed by atoms with van der Waals surface area (Å²) in [5, 5.41) is 0.325. The molecule has 0 spiro atoms. The van der Waals surface area contributed by atoms with Gasteiger partial charge in [-0.25, -0.2) is 9.37 Å². The molecule has 0 saturated carbocycles. The van der Waals surface area contributed by atoms with Crippen LogP contribution in [0.5, 0.6) is 5.75 Å². The van der Waals surface area contributed by atoms with Gasteiger partial charge in [-0.3, -0.25) is 9.69 Å². The minimum atomic E-state index is -0.368. The molecule has 2 atom stereocenters. The molecule has 172 valence electrons. The third kappa shape index (κ3) is 4.21. The number of nitrogens with zero attached hydrogens (tertiary/aromatic N) is 3. The maximum Gasteiger partial charge on any atom is 0.255 e. The Morgan fingerprint density at radius 3 is 2.91 bits per heavy atom. The number of amides is 1. The molecule has 1 amide bonds. The number of benzene rings is 2. The predicted molar refractivity (Wildman–Crippen MR) is 120 cm³/mol. The Morgan fingerprint density at radius 1 is 1.24 bits per heavy atom. The van der Waals surface area contributed by atoms with E-state index in [1.165, 1.54) is 25.8 Å². The van der Waals surface area contributed by atoms with Gasteiger partial charge in [0.05, 0.1) is 48.2 Å². The molecule has 2 saturated heterocycles.